The molecule has 1 unspecified atom stereocenters. The number of amides is 1. The Labute approximate surface area is 166 Å². The van der Waals surface area contributed by atoms with Gasteiger partial charge >= 0.3 is 6.61 Å². The van der Waals surface area contributed by atoms with Crippen LogP contribution in [-0.4, -0.2) is 31.1 Å². The molecule has 8 heteroatoms. The molecule has 4 nitrogen and oxygen atoms in total. The molecule has 2 rings (SSSR count). The quantitative estimate of drug-likeness (QED) is 0.443. The van der Waals surface area contributed by atoms with Gasteiger partial charge in [0.05, 0.1) is 12.6 Å². The third-order valence-corrected chi connectivity index (χ3v) is 4.26. The van der Waals surface area contributed by atoms with Crippen molar-refractivity contribution in [1.82, 2.24) is 4.90 Å². The lowest BCUT2D eigenvalue weighted by atomic mass is 10.1. The number of benzene rings is 2. The molecule has 0 aliphatic carbocycles. The topological polar surface area (TPSA) is 38.8 Å². The molecule has 0 saturated heterocycles. The summed E-state index contributed by atoms with van der Waals surface area (Å²) in [5.74, 6) is -2.30. The van der Waals surface area contributed by atoms with Gasteiger partial charge in [-0.2, -0.15) is 8.78 Å². The molecule has 0 N–H and O–H groups in total. The molecular weight excluding hydrogens is 390 g/mol. The average Bonchev–Trinajstić information content (AvgIpc) is 2.68. The third-order valence-electron chi connectivity index (χ3n) is 4.26. The number of ether oxygens (including phenoxy) is 2. The monoisotopic (exact) mass is 411 g/mol. The van der Waals surface area contributed by atoms with Crippen LogP contribution in [0.15, 0.2) is 42.5 Å². The van der Waals surface area contributed by atoms with Gasteiger partial charge < -0.3 is 14.4 Å². The van der Waals surface area contributed by atoms with Crippen LogP contribution < -0.4 is 9.47 Å². The minimum absolute atomic E-state index is 0.102. The van der Waals surface area contributed by atoms with E-state index in [9.17, 15) is 22.4 Å². The fourth-order valence-corrected chi connectivity index (χ4v) is 2.56. The summed E-state index contributed by atoms with van der Waals surface area (Å²) in [6, 6.07) is 7.27. The van der Waals surface area contributed by atoms with Gasteiger partial charge in [0.1, 0.15) is 0 Å². The number of likely N-dealkylation sites (N-methyl/N-ethyl adjacent to an activating group) is 1. The highest BCUT2D eigenvalue weighted by atomic mass is 19.3. The molecule has 2 aromatic rings. The summed E-state index contributed by atoms with van der Waals surface area (Å²) < 4.78 is 61.1. The van der Waals surface area contributed by atoms with Crippen molar-refractivity contribution < 1.29 is 31.8 Å². The van der Waals surface area contributed by atoms with E-state index < -0.39 is 24.3 Å². The zero-order chi connectivity index (χ0) is 21.6. The normalized spacial score (nSPS) is 12.3. The number of carbonyl (C=O) groups is 1. The Morgan fingerprint density at radius 1 is 1.10 bits per heavy atom. The fraction of sp³-hybridized carbons (Fsp3) is 0.286. The van der Waals surface area contributed by atoms with E-state index in [0.717, 1.165) is 12.1 Å². The summed E-state index contributed by atoms with van der Waals surface area (Å²) >= 11 is 0. The summed E-state index contributed by atoms with van der Waals surface area (Å²) in [6.45, 7) is 0.651. The van der Waals surface area contributed by atoms with Crippen molar-refractivity contribution in [3.05, 3.63) is 65.2 Å². The largest absolute Gasteiger partial charge is 0.490 e. The molecule has 29 heavy (non-hydrogen) atoms. The highest BCUT2D eigenvalue weighted by molar-refractivity contribution is 5.92. The first-order valence-corrected chi connectivity index (χ1v) is 8.84. The van der Waals surface area contributed by atoms with Gasteiger partial charge in [-0.25, -0.2) is 8.78 Å². The maximum Gasteiger partial charge on any atom is 0.387 e. The first-order chi connectivity index (χ1) is 13.7. The zero-order valence-corrected chi connectivity index (χ0v) is 16.2. The minimum Gasteiger partial charge on any atom is -0.490 e. The van der Waals surface area contributed by atoms with Gasteiger partial charge in [0.15, 0.2) is 23.1 Å². The molecule has 156 valence electrons. The van der Waals surface area contributed by atoms with E-state index in [0.29, 0.717) is 11.1 Å². The molecule has 0 spiro atoms. The van der Waals surface area contributed by atoms with E-state index in [2.05, 4.69) is 4.74 Å². The lowest BCUT2D eigenvalue weighted by Gasteiger charge is -2.24. The number of hydrogen-bond donors (Lipinski definition) is 0. The van der Waals surface area contributed by atoms with E-state index in [1.165, 1.54) is 48.4 Å². The summed E-state index contributed by atoms with van der Waals surface area (Å²) in [6.07, 6.45) is 2.78. The summed E-state index contributed by atoms with van der Waals surface area (Å²) in [5, 5.41) is 0. The van der Waals surface area contributed by atoms with Crippen molar-refractivity contribution in [2.24, 2.45) is 0 Å². The number of hydrogen-bond acceptors (Lipinski definition) is 3. The Hall–Kier alpha value is -3.03. The molecule has 2 aromatic carbocycles. The van der Waals surface area contributed by atoms with E-state index in [-0.39, 0.29) is 24.0 Å². The van der Waals surface area contributed by atoms with Crippen LogP contribution in [0.2, 0.25) is 0 Å². The first-order valence-electron chi connectivity index (χ1n) is 8.84. The van der Waals surface area contributed by atoms with Gasteiger partial charge in [0.2, 0.25) is 5.91 Å². The Morgan fingerprint density at radius 2 is 1.83 bits per heavy atom. The van der Waals surface area contributed by atoms with Gasteiger partial charge in [-0.1, -0.05) is 12.1 Å². The van der Waals surface area contributed by atoms with Gasteiger partial charge in [0, 0.05) is 13.1 Å². The highest BCUT2D eigenvalue weighted by Gasteiger charge is 2.17. The van der Waals surface area contributed by atoms with E-state index in [4.69, 9.17) is 4.74 Å². The highest BCUT2D eigenvalue weighted by Crippen LogP contribution is 2.30. The number of halogens is 4. The van der Waals surface area contributed by atoms with Gasteiger partial charge in [-0.3, -0.25) is 4.79 Å². The Balaban J connectivity index is 2.14. The fourth-order valence-electron chi connectivity index (χ4n) is 2.56. The summed E-state index contributed by atoms with van der Waals surface area (Å²) in [5.41, 5.74) is 0.984. The van der Waals surface area contributed by atoms with Crippen molar-refractivity contribution in [3.8, 4) is 11.5 Å². The van der Waals surface area contributed by atoms with Crippen LogP contribution in [0.25, 0.3) is 6.08 Å². The van der Waals surface area contributed by atoms with Crippen LogP contribution >= 0.6 is 0 Å². The number of carbonyl (C=O) groups excluding carboxylic acids is 1. The van der Waals surface area contributed by atoms with Crippen LogP contribution in [0.3, 0.4) is 0 Å². The second-order valence-electron chi connectivity index (χ2n) is 6.15. The molecule has 1 atom stereocenters. The van der Waals surface area contributed by atoms with Crippen LogP contribution in [0, 0.1) is 11.6 Å². The van der Waals surface area contributed by atoms with Gasteiger partial charge in [0.25, 0.3) is 0 Å². The third kappa shape index (κ3) is 5.97. The molecule has 0 bridgehead atoms. The van der Waals surface area contributed by atoms with Crippen LogP contribution in [0.1, 0.15) is 31.0 Å². The van der Waals surface area contributed by atoms with E-state index in [1.54, 1.807) is 13.8 Å². The zero-order valence-electron chi connectivity index (χ0n) is 16.2. The SMILES string of the molecule is CCOc1cc(/C=C\C(=O)N(C)C(C)c2ccc(F)c(F)c2)ccc1OC(F)F. The second-order valence-corrected chi connectivity index (χ2v) is 6.15. The number of alkyl halides is 2. The average molecular weight is 411 g/mol. The predicted octanol–water partition coefficient (Wildman–Crippen LogP) is 5.20. The van der Waals surface area contributed by atoms with Crippen LogP contribution in [-0.2, 0) is 4.79 Å². The molecular formula is C21H21F4NO3. The van der Waals surface area contributed by atoms with E-state index >= 15 is 0 Å². The summed E-state index contributed by atoms with van der Waals surface area (Å²) in [4.78, 5) is 13.8. The van der Waals surface area contributed by atoms with Crippen LogP contribution in [0.4, 0.5) is 17.6 Å². The first kappa shape index (κ1) is 22.3. The predicted molar refractivity (Wildman–Crippen MR) is 101 cm³/mol. The van der Waals surface area contributed by atoms with Crippen molar-refractivity contribution in [3.63, 3.8) is 0 Å². The molecule has 0 aliphatic rings. The standard InChI is InChI=1S/C21H21F4NO3/c1-4-28-19-11-14(5-9-18(19)29-21(24)25)6-10-20(27)26(3)13(2)15-7-8-16(22)17(23)12-15/h5-13,21H,4H2,1-3H3/b10-6-. The van der Waals surface area contributed by atoms with Crippen molar-refractivity contribution in [2.75, 3.05) is 13.7 Å². The molecule has 0 heterocycles. The van der Waals surface area contributed by atoms with Gasteiger partial charge in [-0.05, 0) is 55.3 Å². The van der Waals surface area contributed by atoms with Crippen molar-refractivity contribution in [2.45, 2.75) is 26.5 Å². The molecule has 0 fully saturated rings. The molecule has 0 radical (unpaired) electrons. The number of rotatable bonds is 8. The molecule has 0 aromatic heterocycles. The molecule has 1 amide bonds. The maximum atomic E-state index is 13.4. The van der Waals surface area contributed by atoms with Crippen molar-refractivity contribution in [1.29, 1.82) is 0 Å². The summed E-state index contributed by atoms with van der Waals surface area (Å²) in [7, 11) is 1.53. The minimum atomic E-state index is -2.98. The van der Waals surface area contributed by atoms with E-state index in [1.807, 2.05) is 0 Å². The lowest BCUT2D eigenvalue weighted by molar-refractivity contribution is -0.126. The lowest BCUT2D eigenvalue weighted by Crippen LogP contribution is -2.28. The Morgan fingerprint density at radius 3 is 2.45 bits per heavy atom. The Bertz CT molecular complexity index is 886. The Kier molecular flexibility index (Phi) is 7.64. The van der Waals surface area contributed by atoms with Crippen LogP contribution in [0.5, 0.6) is 11.5 Å². The maximum absolute atomic E-state index is 13.4. The van der Waals surface area contributed by atoms with Crippen molar-refractivity contribution >= 4 is 12.0 Å². The number of nitrogens with zero attached hydrogens (tertiary/aromatic N) is 1. The molecule has 0 saturated carbocycles. The smallest absolute Gasteiger partial charge is 0.387 e. The van der Waals surface area contributed by atoms with Gasteiger partial charge in [-0.15, -0.1) is 0 Å². The second kappa shape index (κ2) is 9.95. The molecule has 0 aliphatic heterocycles.